The number of hydrogen-bond acceptors (Lipinski definition) is 4. The molecule has 1 unspecified atom stereocenters. The van der Waals surface area contributed by atoms with Crippen LogP contribution in [0.4, 0.5) is 0 Å². The maximum Gasteiger partial charge on any atom is 0.103 e. The van der Waals surface area contributed by atoms with Crippen molar-refractivity contribution in [3.05, 3.63) is 39.6 Å². The molecule has 0 saturated heterocycles. The topological polar surface area (TPSA) is 66.5 Å². The normalized spacial score (nSPS) is 12.2. The quantitative estimate of drug-likeness (QED) is 0.934. The van der Waals surface area contributed by atoms with Gasteiger partial charge in [-0.15, -0.1) is 5.10 Å². The molecule has 20 heavy (non-hydrogen) atoms. The molecule has 1 N–H and O–H groups in total. The van der Waals surface area contributed by atoms with Crippen LogP contribution in [0.25, 0.3) is 5.69 Å². The van der Waals surface area contributed by atoms with Crippen LogP contribution < -0.4 is 5.32 Å². The molecule has 104 valence electrons. The van der Waals surface area contributed by atoms with Crippen molar-refractivity contribution in [2.75, 3.05) is 6.54 Å². The van der Waals surface area contributed by atoms with Crippen LogP contribution in [0.15, 0.2) is 22.7 Å². The summed E-state index contributed by atoms with van der Waals surface area (Å²) in [4.78, 5) is 0. The van der Waals surface area contributed by atoms with E-state index in [9.17, 15) is 0 Å². The largest absolute Gasteiger partial charge is 0.309 e. The number of nitrogens with one attached hydrogen (secondary N) is 1. The van der Waals surface area contributed by atoms with Gasteiger partial charge in [0.15, 0.2) is 0 Å². The number of benzene rings is 1. The van der Waals surface area contributed by atoms with E-state index in [2.05, 4.69) is 51.5 Å². The zero-order chi connectivity index (χ0) is 14.7. The molecule has 0 amide bonds. The van der Waals surface area contributed by atoms with Gasteiger partial charge in [0.2, 0.25) is 0 Å². The summed E-state index contributed by atoms with van der Waals surface area (Å²) >= 11 is 3.48. The minimum absolute atomic E-state index is 0.158. The highest BCUT2D eigenvalue weighted by Crippen LogP contribution is 2.24. The first-order chi connectivity index (χ1) is 9.58. The van der Waals surface area contributed by atoms with E-state index in [4.69, 9.17) is 5.26 Å². The van der Waals surface area contributed by atoms with Crippen molar-refractivity contribution in [3.63, 3.8) is 0 Å². The maximum atomic E-state index is 8.90. The second-order valence-corrected chi connectivity index (χ2v) is 5.38. The molecule has 0 bridgehead atoms. The van der Waals surface area contributed by atoms with E-state index < -0.39 is 0 Å². The van der Waals surface area contributed by atoms with Gasteiger partial charge in [-0.05, 0) is 54.5 Å². The monoisotopic (exact) mass is 333 g/mol. The second-order valence-electron chi connectivity index (χ2n) is 4.53. The third-order valence-corrected chi connectivity index (χ3v) is 3.79. The van der Waals surface area contributed by atoms with Crippen LogP contribution in [-0.2, 0) is 0 Å². The van der Waals surface area contributed by atoms with Crippen LogP contribution in [0, 0.1) is 18.3 Å². The van der Waals surface area contributed by atoms with E-state index >= 15 is 0 Å². The van der Waals surface area contributed by atoms with E-state index in [1.165, 1.54) is 0 Å². The van der Waals surface area contributed by atoms with E-state index in [0.29, 0.717) is 5.56 Å². The first-order valence-electron chi connectivity index (χ1n) is 6.44. The molecule has 0 aliphatic heterocycles. The average molecular weight is 334 g/mol. The van der Waals surface area contributed by atoms with E-state index in [-0.39, 0.29) is 6.04 Å². The number of nitriles is 1. The van der Waals surface area contributed by atoms with Crippen LogP contribution >= 0.6 is 15.9 Å². The van der Waals surface area contributed by atoms with Gasteiger partial charge in [0.1, 0.15) is 5.69 Å². The molecule has 0 spiro atoms. The van der Waals surface area contributed by atoms with Crippen molar-refractivity contribution >= 4 is 15.9 Å². The van der Waals surface area contributed by atoms with Crippen LogP contribution in [0.3, 0.4) is 0 Å². The van der Waals surface area contributed by atoms with Gasteiger partial charge in [0.25, 0.3) is 0 Å². The number of hydrogen-bond donors (Lipinski definition) is 1. The molecular formula is C14H16BrN5. The molecule has 0 saturated carbocycles. The van der Waals surface area contributed by atoms with E-state index in [1.807, 2.05) is 13.0 Å². The first-order valence-corrected chi connectivity index (χ1v) is 7.23. The highest BCUT2D eigenvalue weighted by Gasteiger charge is 2.16. The molecule has 1 aromatic heterocycles. The smallest absolute Gasteiger partial charge is 0.103 e. The zero-order valence-corrected chi connectivity index (χ0v) is 13.3. The van der Waals surface area contributed by atoms with Gasteiger partial charge in [0.05, 0.1) is 29.1 Å². The van der Waals surface area contributed by atoms with Crippen LogP contribution in [0.2, 0.25) is 0 Å². The molecule has 0 aliphatic rings. The summed E-state index contributed by atoms with van der Waals surface area (Å²) < 4.78 is 2.61. The number of nitrogens with zero attached hydrogens (tertiary/aromatic N) is 4. The Balaban J connectivity index is 2.42. The van der Waals surface area contributed by atoms with Gasteiger partial charge in [-0.3, -0.25) is 0 Å². The number of halogens is 1. The van der Waals surface area contributed by atoms with Gasteiger partial charge >= 0.3 is 0 Å². The van der Waals surface area contributed by atoms with Crippen molar-refractivity contribution in [3.8, 4) is 11.8 Å². The zero-order valence-electron chi connectivity index (χ0n) is 11.7. The molecule has 6 heteroatoms. The van der Waals surface area contributed by atoms with E-state index in [1.54, 1.807) is 16.8 Å². The van der Waals surface area contributed by atoms with Gasteiger partial charge in [-0.25, -0.2) is 4.68 Å². The predicted octanol–water partition coefficient (Wildman–Crippen LogP) is 2.88. The average Bonchev–Trinajstić information content (AvgIpc) is 2.80. The SMILES string of the molecule is CCNC(C)c1nnn(-c2ccc(C#N)cc2Br)c1C. The van der Waals surface area contributed by atoms with Crippen molar-refractivity contribution < 1.29 is 0 Å². The minimum atomic E-state index is 0.158. The Morgan fingerprint density at radius 1 is 1.50 bits per heavy atom. The summed E-state index contributed by atoms with van der Waals surface area (Å²) in [6.07, 6.45) is 0. The fourth-order valence-electron chi connectivity index (χ4n) is 2.12. The fourth-order valence-corrected chi connectivity index (χ4v) is 2.67. The summed E-state index contributed by atoms with van der Waals surface area (Å²) in [6, 6.07) is 7.70. The van der Waals surface area contributed by atoms with Gasteiger partial charge in [-0.1, -0.05) is 12.1 Å². The van der Waals surface area contributed by atoms with Crippen molar-refractivity contribution in [2.24, 2.45) is 0 Å². The fraction of sp³-hybridized carbons (Fsp3) is 0.357. The third kappa shape index (κ3) is 2.74. The molecule has 0 radical (unpaired) electrons. The Kier molecular flexibility index (Phi) is 4.53. The lowest BCUT2D eigenvalue weighted by molar-refractivity contribution is 0.579. The van der Waals surface area contributed by atoms with E-state index in [0.717, 1.165) is 28.1 Å². The molecular weight excluding hydrogens is 318 g/mol. The Labute approximate surface area is 126 Å². The Morgan fingerprint density at radius 2 is 2.25 bits per heavy atom. The van der Waals surface area contributed by atoms with Crippen molar-refractivity contribution in [1.82, 2.24) is 20.3 Å². The van der Waals surface area contributed by atoms with Gasteiger partial charge in [0, 0.05) is 4.47 Å². The Hall–Kier alpha value is -1.71. The van der Waals surface area contributed by atoms with Gasteiger partial charge < -0.3 is 5.32 Å². The van der Waals surface area contributed by atoms with Crippen molar-refractivity contribution in [2.45, 2.75) is 26.8 Å². The summed E-state index contributed by atoms with van der Waals surface area (Å²) in [5, 5.41) is 20.7. The summed E-state index contributed by atoms with van der Waals surface area (Å²) in [7, 11) is 0. The molecule has 1 aromatic carbocycles. The molecule has 1 heterocycles. The number of rotatable bonds is 4. The molecule has 0 fully saturated rings. The standard InChI is InChI=1S/C14H16BrN5/c1-4-17-9(2)14-10(3)20(19-18-14)13-6-5-11(8-16)7-12(13)15/h5-7,9,17H,4H2,1-3H3. The summed E-state index contributed by atoms with van der Waals surface area (Å²) in [5.74, 6) is 0. The number of aromatic nitrogens is 3. The minimum Gasteiger partial charge on any atom is -0.309 e. The molecule has 2 rings (SSSR count). The molecule has 2 aromatic rings. The Bertz CT molecular complexity index is 656. The lowest BCUT2D eigenvalue weighted by Crippen LogP contribution is -2.19. The second kappa shape index (κ2) is 6.16. The predicted molar refractivity (Wildman–Crippen MR) is 80.6 cm³/mol. The third-order valence-electron chi connectivity index (χ3n) is 3.16. The Morgan fingerprint density at radius 3 is 2.85 bits per heavy atom. The molecule has 0 aliphatic carbocycles. The molecule has 5 nitrogen and oxygen atoms in total. The lowest BCUT2D eigenvalue weighted by Gasteiger charge is -2.11. The van der Waals surface area contributed by atoms with Crippen LogP contribution in [-0.4, -0.2) is 21.5 Å². The summed E-state index contributed by atoms with van der Waals surface area (Å²) in [6.45, 7) is 7.01. The highest BCUT2D eigenvalue weighted by molar-refractivity contribution is 9.10. The highest BCUT2D eigenvalue weighted by atomic mass is 79.9. The first kappa shape index (κ1) is 14.7. The lowest BCUT2D eigenvalue weighted by atomic mass is 10.2. The van der Waals surface area contributed by atoms with Crippen LogP contribution in [0.5, 0.6) is 0 Å². The van der Waals surface area contributed by atoms with Crippen LogP contribution in [0.1, 0.15) is 36.8 Å². The van der Waals surface area contributed by atoms with Gasteiger partial charge in [-0.2, -0.15) is 5.26 Å². The molecule has 1 atom stereocenters. The summed E-state index contributed by atoms with van der Waals surface area (Å²) in [5.41, 5.74) is 3.41. The van der Waals surface area contributed by atoms with Crippen molar-refractivity contribution in [1.29, 1.82) is 5.26 Å². The maximum absolute atomic E-state index is 8.90.